The average Bonchev–Trinajstić information content (AvgIpc) is 2.81. The maximum absolute atomic E-state index is 4.73. The van der Waals surface area contributed by atoms with Gasteiger partial charge in [-0.25, -0.2) is 4.98 Å². The molecule has 0 radical (unpaired) electrons. The monoisotopic (exact) mass is 275 g/mol. The molecule has 0 aliphatic carbocycles. The fourth-order valence-corrected chi connectivity index (χ4v) is 3.77. The molecule has 0 spiro atoms. The zero-order valence-electron chi connectivity index (χ0n) is 11.4. The summed E-state index contributed by atoms with van der Waals surface area (Å²) in [6.45, 7) is 6.66. The van der Waals surface area contributed by atoms with Gasteiger partial charge in [-0.2, -0.15) is 0 Å². The van der Waals surface area contributed by atoms with E-state index in [1.165, 1.54) is 22.5 Å². The molecule has 1 N–H and O–H groups in total. The fraction of sp³-hybridized carbons (Fsp3) is 0.533. The van der Waals surface area contributed by atoms with Crippen molar-refractivity contribution in [3.63, 3.8) is 0 Å². The van der Waals surface area contributed by atoms with Gasteiger partial charge in [0.05, 0.1) is 16.8 Å². The average molecular weight is 275 g/mol. The van der Waals surface area contributed by atoms with Crippen LogP contribution in [0.5, 0.6) is 0 Å². The number of thiazole rings is 1. The number of rotatable bonds is 4. The number of benzene rings is 1. The van der Waals surface area contributed by atoms with Crippen LogP contribution in [0.4, 0.5) is 0 Å². The first-order chi connectivity index (χ1) is 9.35. The fourth-order valence-electron chi connectivity index (χ4n) is 2.76. The maximum Gasteiger partial charge on any atom is 0.108 e. The van der Waals surface area contributed by atoms with Gasteiger partial charge in [-0.1, -0.05) is 25.5 Å². The van der Waals surface area contributed by atoms with E-state index < -0.39 is 0 Å². The Balaban J connectivity index is 1.67. The van der Waals surface area contributed by atoms with E-state index in [9.17, 15) is 0 Å². The smallest absolute Gasteiger partial charge is 0.108 e. The van der Waals surface area contributed by atoms with Gasteiger partial charge >= 0.3 is 0 Å². The Kier molecular flexibility index (Phi) is 4.11. The maximum atomic E-state index is 4.73. The summed E-state index contributed by atoms with van der Waals surface area (Å²) in [5.41, 5.74) is 1.14. The number of hydrogen-bond donors (Lipinski definition) is 1. The van der Waals surface area contributed by atoms with Crippen molar-refractivity contribution < 1.29 is 0 Å². The highest BCUT2D eigenvalue weighted by Gasteiger charge is 2.19. The molecule has 3 rings (SSSR count). The minimum atomic E-state index is 0.660. The first-order valence-electron chi connectivity index (χ1n) is 7.15. The van der Waals surface area contributed by atoms with Crippen LogP contribution in [0, 0.1) is 0 Å². The van der Waals surface area contributed by atoms with Gasteiger partial charge in [-0.05, 0) is 18.6 Å². The van der Waals surface area contributed by atoms with Crippen molar-refractivity contribution in [2.24, 2.45) is 0 Å². The Labute approximate surface area is 118 Å². The van der Waals surface area contributed by atoms with Crippen molar-refractivity contribution in [2.45, 2.75) is 32.4 Å². The molecule has 102 valence electrons. The van der Waals surface area contributed by atoms with Crippen molar-refractivity contribution in [3.8, 4) is 0 Å². The van der Waals surface area contributed by atoms with E-state index in [0.717, 1.165) is 31.7 Å². The number of fused-ring (bicyclic) bond motifs is 1. The molecule has 19 heavy (non-hydrogen) atoms. The quantitative estimate of drug-likeness (QED) is 0.930. The summed E-state index contributed by atoms with van der Waals surface area (Å²) >= 11 is 1.83. The summed E-state index contributed by atoms with van der Waals surface area (Å²) in [7, 11) is 0. The van der Waals surface area contributed by atoms with Crippen molar-refractivity contribution in [2.75, 3.05) is 19.6 Å². The second kappa shape index (κ2) is 5.99. The lowest BCUT2D eigenvalue weighted by Crippen LogP contribution is -2.50. The van der Waals surface area contributed by atoms with Gasteiger partial charge in [0.1, 0.15) is 5.01 Å². The first-order valence-corrected chi connectivity index (χ1v) is 7.97. The van der Waals surface area contributed by atoms with Crippen molar-refractivity contribution >= 4 is 21.6 Å². The molecule has 0 saturated carbocycles. The number of para-hydroxylation sites is 1. The standard InChI is InChI=1S/C15H21N3S/c1-2-5-12-10-18(9-8-16-12)11-15-17-13-6-3-4-7-14(13)19-15/h3-4,6-7,12,16H,2,5,8-11H2,1H3. The number of nitrogens with one attached hydrogen (secondary N) is 1. The van der Waals surface area contributed by atoms with Crippen molar-refractivity contribution in [1.82, 2.24) is 15.2 Å². The molecule has 0 bridgehead atoms. The number of hydrogen-bond acceptors (Lipinski definition) is 4. The lowest BCUT2D eigenvalue weighted by molar-refractivity contribution is 0.187. The Morgan fingerprint density at radius 1 is 1.42 bits per heavy atom. The highest BCUT2D eigenvalue weighted by atomic mass is 32.1. The predicted octanol–water partition coefficient (Wildman–Crippen LogP) is 2.87. The van der Waals surface area contributed by atoms with E-state index in [1.54, 1.807) is 0 Å². The second-order valence-corrected chi connectivity index (χ2v) is 6.37. The zero-order valence-corrected chi connectivity index (χ0v) is 12.2. The molecule has 2 aromatic rings. The molecule has 0 amide bonds. The first kappa shape index (κ1) is 13.0. The van der Waals surface area contributed by atoms with Gasteiger partial charge < -0.3 is 5.32 Å². The summed E-state index contributed by atoms with van der Waals surface area (Å²) < 4.78 is 1.30. The molecule has 1 fully saturated rings. The van der Waals surface area contributed by atoms with Gasteiger partial charge in [0.2, 0.25) is 0 Å². The van der Waals surface area contributed by atoms with E-state index >= 15 is 0 Å². The van der Waals surface area contributed by atoms with Crippen LogP contribution >= 0.6 is 11.3 Å². The van der Waals surface area contributed by atoms with Gasteiger partial charge in [-0.15, -0.1) is 11.3 Å². The highest BCUT2D eigenvalue weighted by molar-refractivity contribution is 7.18. The van der Waals surface area contributed by atoms with Crippen LogP contribution in [0.3, 0.4) is 0 Å². The van der Waals surface area contributed by atoms with Gasteiger partial charge in [0, 0.05) is 25.7 Å². The predicted molar refractivity (Wildman–Crippen MR) is 81.6 cm³/mol. The van der Waals surface area contributed by atoms with Crippen molar-refractivity contribution in [3.05, 3.63) is 29.3 Å². The van der Waals surface area contributed by atoms with Gasteiger partial charge in [0.25, 0.3) is 0 Å². The Morgan fingerprint density at radius 2 is 2.32 bits per heavy atom. The summed E-state index contributed by atoms with van der Waals surface area (Å²) in [6.07, 6.45) is 2.53. The third-order valence-corrected chi connectivity index (χ3v) is 4.69. The van der Waals surface area contributed by atoms with Crippen LogP contribution in [0.15, 0.2) is 24.3 Å². The van der Waals surface area contributed by atoms with Crippen molar-refractivity contribution in [1.29, 1.82) is 0 Å². The van der Waals surface area contributed by atoms with Crippen LogP contribution in [0.25, 0.3) is 10.2 Å². The topological polar surface area (TPSA) is 28.2 Å². The lowest BCUT2D eigenvalue weighted by Gasteiger charge is -2.33. The number of nitrogens with zero attached hydrogens (tertiary/aromatic N) is 2. The molecule has 3 nitrogen and oxygen atoms in total. The Hall–Kier alpha value is -0.970. The second-order valence-electron chi connectivity index (χ2n) is 5.25. The van der Waals surface area contributed by atoms with Gasteiger partial charge in [-0.3, -0.25) is 4.90 Å². The van der Waals surface area contributed by atoms with Crippen LogP contribution in [-0.4, -0.2) is 35.6 Å². The zero-order chi connectivity index (χ0) is 13.1. The van der Waals surface area contributed by atoms with E-state index in [2.05, 4.69) is 41.4 Å². The summed E-state index contributed by atoms with van der Waals surface area (Å²) in [4.78, 5) is 7.27. The van der Waals surface area contributed by atoms with Gasteiger partial charge in [0.15, 0.2) is 0 Å². The molecule has 1 unspecified atom stereocenters. The minimum Gasteiger partial charge on any atom is -0.311 e. The van der Waals surface area contributed by atoms with E-state index in [0.29, 0.717) is 6.04 Å². The molecule has 1 aliphatic heterocycles. The summed E-state index contributed by atoms with van der Waals surface area (Å²) in [5.74, 6) is 0. The largest absolute Gasteiger partial charge is 0.311 e. The Morgan fingerprint density at radius 3 is 3.16 bits per heavy atom. The number of aromatic nitrogens is 1. The van der Waals surface area contributed by atoms with Crippen LogP contribution in [0.1, 0.15) is 24.8 Å². The summed E-state index contributed by atoms with van der Waals surface area (Å²) in [5, 5.41) is 4.85. The highest BCUT2D eigenvalue weighted by Crippen LogP contribution is 2.23. The number of piperazine rings is 1. The van der Waals surface area contributed by atoms with E-state index in [1.807, 2.05) is 11.3 Å². The third kappa shape index (κ3) is 3.14. The SMILES string of the molecule is CCCC1CN(Cc2nc3ccccc3s2)CCN1. The molecular weight excluding hydrogens is 254 g/mol. The normalized spacial score (nSPS) is 21.0. The minimum absolute atomic E-state index is 0.660. The van der Waals surface area contributed by atoms with Crippen LogP contribution < -0.4 is 5.32 Å². The lowest BCUT2D eigenvalue weighted by atomic mass is 10.1. The third-order valence-electron chi connectivity index (χ3n) is 3.67. The molecule has 1 atom stereocenters. The van der Waals surface area contributed by atoms with Crippen LogP contribution in [0.2, 0.25) is 0 Å². The van der Waals surface area contributed by atoms with E-state index in [4.69, 9.17) is 4.98 Å². The molecule has 1 aliphatic rings. The molecule has 1 aromatic carbocycles. The molecule has 1 aromatic heterocycles. The van der Waals surface area contributed by atoms with E-state index in [-0.39, 0.29) is 0 Å². The molecule has 1 saturated heterocycles. The molecular formula is C15H21N3S. The summed E-state index contributed by atoms with van der Waals surface area (Å²) in [6, 6.07) is 9.08. The van der Waals surface area contributed by atoms with Crippen LogP contribution in [-0.2, 0) is 6.54 Å². The molecule has 2 heterocycles. The molecule has 4 heteroatoms. The Bertz CT molecular complexity index is 502.